The Hall–Kier alpha value is -3.06. The van der Waals surface area contributed by atoms with E-state index in [9.17, 15) is 8.42 Å². The highest BCUT2D eigenvalue weighted by molar-refractivity contribution is 7.92. The normalized spacial score (nSPS) is 11.0. The van der Waals surface area contributed by atoms with Crippen LogP contribution < -0.4 is 14.8 Å². The molecule has 3 aromatic rings. The summed E-state index contributed by atoms with van der Waals surface area (Å²) in [5, 5.41) is 3.21. The van der Waals surface area contributed by atoms with Crippen LogP contribution >= 0.6 is 0 Å². The second-order valence-electron chi connectivity index (χ2n) is 5.89. The van der Waals surface area contributed by atoms with E-state index in [1.807, 2.05) is 31.2 Å². The number of hydrogen-bond acceptors (Lipinski definition) is 5. The van der Waals surface area contributed by atoms with Gasteiger partial charge in [-0.2, -0.15) is 0 Å². The first-order valence-electron chi connectivity index (χ1n) is 8.52. The maximum atomic E-state index is 12.5. The monoisotopic (exact) mass is 383 g/mol. The Kier molecular flexibility index (Phi) is 5.61. The lowest BCUT2D eigenvalue weighted by Crippen LogP contribution is -2.15. The second-order valence-corrected chi connectivity index (χ2v) is 7.54. The van der Waals surface area contributed by atoms with E-state index in [1.165, 1.54) is 0 Å². The summed E-state index contributed by atoms with van der Waals surface area (Å²) >= 11 is 0. The van der Waals surface area contributed by atoms with Crippen LogP contribution in [0.15, 0.2) is 71.8 Å². The molecule has 0 bridgehead atoms. The molecular weight excluding hydrogens is 362 g/mol. The van der Waals surface area contributed by atoms with Gasteiger partial charge in [0.05, 0.1) is 23.4 Å². The molecule has 0 aliphatic rings. The van der Waals surface area contributed by atoms with Crippen molar-refractivity contribution in [3.8, 4) is 5.75 Å². The Morgan fingerprint density at radius 2 is 1.67 bits per heavy atom. The molecule has 0 saturated carbocycles. The van der Waals surface area contributed by atoms with E-state index in [0.717, 1.165) is 17.1 Å². The van der Waals surface area contributed by atoms with Crippen molar-refractivity contribution in [3.63, 3.8) is 0 Å². The van der Waals surface area contributed by atoms with Crippen molar-refractivity contribution in [2.24, 2.45) is 0 Å². The summed E-state index contributed by atoms with van der Waals surface area (Å²) in [4.78, 5) is 4.42. The molecule has 3 rings (SSSR count). The van der Waals surface area contributed by atoms with Gasteiger partial charge < -0.3 is 10.1 Å². The molecule has 0 radical (unpaired) electrons. The standard InChI is InChI=1S/C20H21N3O3S/c1-3-26-18-11-8-16(9-12-18)22-17-10-13-20(21-14-17)23-27(24,25)19-7-5-4-6-15(19)2/h4-14,22H,3H2,1-2H3,(H,21,23). The van der Waals surface area contributed by atoms with Crippen molar-refractivity contribution in [3.05, 3.63) is 72.4 Å². The number of sulfonamides is 1. The molecule has 0 amide bonds. The number of benzene rings is 2. The van der Waals surface area contributed by atoms with Gasteiger partial charge in [-0.25, -0.2) is 13.4 Å². The minimum Gasteiger partial charge on any atom is -0.494 e. The predicted molar refractivity (Wildman–Crippen MR) is 107 cm³/mol. The zero-order chi connectivity index (χ0) is 19.3. The van der Waals surface area contributed by atoms with E-state index in [2.05, 4.69) is 15.0 Å². The molecule has 1 aromatic heterocycles. The molecule has 2 N–H and O–H groups in total. The highest BCUT2D eigenvalue weighted by Crippen LogP contribution is 2.22. The quantitative estimate of drug-likeness (QED) is 0.635. The van der Waals surface area contributed by atoms with Gasteiger partial charge >= 0.3 is 0 Å². The number of aromatic nitrogens is 1. The highest BCUT2D eigenvalue weighted by Gasteiger charge is 2.16. The van der Waals surface area contributed by atoms with E-state index >= 15 is 0 Å². The van der Waals surface area contributed by atoms with Gasteiger partial charge in [0.25, 0.3) is 10.0 Å². The zero-order valence-corrected chi connectivity index (χ0v) is 16.0. The lowest BCUT2D eigenvalue weighted by molar-refractivity contribution is 0.340. The minimum atomic E-state index is -3.67. The summed E-state index contributed by atoms with van der Waals surface area (Å²) in [7, 11) is -3.67. The topological polar surface area (TPSA) is 80.3 Å². The molecule has 1 heterocycles. The zero-order valence-electron chi connectivity index (χ0n) is 15.1. The van der Waals surface area contributed by atoms with E-state index in [-0.39, 0.29) is 10.7 Å². The first kappa shape index (κ1) is 18.7. The Morgan fingerprint density at radius 3 is 2.30 bits per heavy atom. The van der Waals surface area contributed by atoms with Crippen molar-refractivity contribution in [2.45, 2.75) is 18.7 Å². The van der Waals surface area contributed by atoms with Gasteiger partial charge in [0, 0.05) is 5.69 Å². The molecule has 0 spiro atoms. The molecule has 0 aliphatic heterocycles. The number of ether oxygens (including phenoxy) is 1. The van der Waals surface area contributed by atoms with Crippen LogP contribution in [-0.2, 0) is 10.0 Å². The summed E-state index contributed by atoms with van der Waals surface area (Å²) in [6.07, 6.45) is 1.58. The number of pyridine rings is 1. The molecule has 0 saturated heterocycles. The number of nitrogens with one attached hydrogen (secondary N) is 2. The molecule has 6 nitrogen and oxygen atoms in total. The third-order valence-electron chi connectivity index (χ3n) is 3.84. The average Bonchev–Trinajstić information content (AvgIpc) is 2.65. The van der Waals surface area contributed by atoms with Crippen molar-refractivity contribution in [1.82, 2.24) is 4.98 Å². The number of nitrogens with zero attached hydrogens (tertiary/aromatic N) is 1. The summed E-state index contributed by atoms with van der Waals surface area (Å²) in [6.45, 7) is 4.31. The van der Waals surface area contributed by atoms with Gasteiger partial charge in [0.15, 0.2) is 0 Å². The van der Waals surface area contributed by atoms with Crippen molar-refractivity contribution in [1.29, 1.82) is 0 Å². The fourth-order valence-corrected chi connectivity index (χ4v) is 3.80. The molecule has 0 aliphatic carbocycles. The third kappa shape index (κ3) is 4.77. The van der Waals surface area contributed by atoms with Crippen LogP contribution in [0.2, 0.25) is 0 Å². The lowest BCUT2D eigenvalue weighted by atomic mass is 10.2. The minimum absolute atomic E-state index is 0.239. The summed E-state index contributed by atoms with van der Waals surface area (Å²) in [5.41, 5.74) is 2.31. The second kappa shape index (κ2) is 8.09. The van der Waals surface area contributed by atoms with E-state index in [4.69, 9.17) is 4.74 Å². The van der Waals surface area contributed by atoms with Gasteiger partial charge in [-0.15, -0.1) is 0 Å². The number of anilines is 3. The Labute approximate surface area is 159 Å². The fraction of sp³-hybridized carbons (Fsp3) is 0.150. The van der Waals surface area contributed by atoms with Crippen molar-refractivity contribution >= 4 is 27.2 Å². The smallest absolute Gasteiger partial charge is 0.263 e. The third-order valence-corrected chi connectivity index (χ3v) is 5.35. The van der Waals surface area contributed by atoms with Crippen LogP contribution in [0, 0.1) is 6.92 Å². The fourth-order valence-electron chi connectivity index (χ4n) is 2.55. The van der Waals surface area contributed by atoms with Gasteiger partial charge in [-0.3, -0.25) is 4.72 Å². The van der Waals surface area contributed by atoms with Crippen molar-refractivity contribution in [2.75, 3.05) is 16.6 Å². The Bertz CT molecular complexity index is 1000. The van der Waals surface area contributed by atoms with Gasteiger partial charge in [0.2, 0.25) is 0 Å². The first-order valence-corrected chi connectivity index (χ1v) is 10.0. The lowest BCUT2D eigenvalue weighted by Gasteiger charge is -2.11. The average molecular weight is 383 g/mol. The largest absolute Gasteiger partial charge is 0.494 e. The van der Waals surface area contributed by atoms with Crippen LogP contribution in [0.25, 0.3) is 0 Å². The van der Waals surface area contributed by atoms with Gasteiger partial charge in [-0.1, -0.05) is 18.2 Å². The number of hydrogen-bond donors (Lipinski definition) is 2. The van der Waals surface area contributed by atoms with Crippen LogP contribution in [0.3, 0.4) is 0 Å². The summed E-state index contributed by atoms with van der Waals surface area (Å²) in [5.74, 6) is 1.07. The Balaban J connectivity index is 1.69. The predicted octanol–water partition coefficient (Wildman–Crippen LogP) is 4.33. The molecule has 0 unspecified atom stereocenters. The van der Waals surface area contributed by atoms with Gasteiger partial charge in [-0.05, 0) is 61.9 Å². The summed E-state index contributed by atoms with van der Waals surface area (Å²) < 4.78 is 32.9. The van der Waals surface area contributed by atoms with E-state index in [1.54, 1.807) is 49.5 Å². The molecule has 0 fully saturated rings. The van der Waals surface area contributed by atoms with Crippen molar-refractivity contribution < 1.29 is 13.2 Å². The van der Waals surface area contributed by atoms with E-state index < -0.39 is 10.0 Å². The molecule has 7 heteroatoms. The van der Waals surface area contributed by atoms with Crippen LogP contribution in [0.5, 0.6) is 5.75 Å². The molecule has 2 aromatic carbocycles. The van der Waals surface area contributed by atoms with Gasteiger partial charge in [0.1, 0.15) is 11.6 Å². The summed E-state index contributed by atoms with van der Waals surface area (Å²) in [6, 6.07) is 17.8. The number of rotatable bonds is 7. The first-order chi connectivity index (χ1) is 13.0. The maximum Gasteiger partial charge on any atom is 0.263 e. The molecular formula is C20H21N3O3S. The number of aryl methyl sites for hydroxylation is 1. The molecule has 140 valence electrons. The van der Waals surface area contributed by atoms with Crippen LogP contribution in [0.1, 0.15) is 12.5 Å². The SMILES string of the molecule is CCOc1ccc(Nc2ccc(NS(=O)(=O)c3ccccc3C)nc2)cc1. The highest BCUT2D eigenvalue weighted by atomic mass is 32.2. The molecule has 27 heavy (non-hydrogen) atoms. The van der Waals surface area contributed by atoms with Crippen LogP contribution in [0.4, 0.5) is 17.2 Å². The van der Waals surface area contributed by atoms with E-state index in [0.29, 0.717) is 12.2 Å². The molecule has 0 atom stereocenters. The van der Waals surface area contributed by atoms with Crippen LogP contribution in [-0.4, -0.2) is 20.0 Å². The Morgan fingerprint density at radius 1 is 0.963 bits per heavy atom. The maximum absolute atomic E-state index is 12.5.